The van der Waals surface area contributed by atoms with Gasteiger partial charge in [0, 0.05) is 36.6 Å². The lowest BCUT2D eigenvalue weighted by Crippen LogP contribution is -2.46. The molecule has 0 spiro atoms. The van der Waals surface area contributed by atoms with E-state index in [0.29, 0.717) is 19.3 Å². The van der Waals surface area contributed by atoms with Gasteiger partial charge in [-0.25, -0.2) is 4.98 Å². The molecule has 0 atom stereocenters. The molecule has 4 aromatic rings. The third kappa shape index (κ3) is 2.67. The van der Waals surface area contributed by atoms with Gasteiger partial charge >= 0.3 is 0 Å². The minimum absolute atomic E-state index is 0.0185. The van der Waals surface area contributed by atoms with Gasteiger partial charge in [-0.3, -0.25) is 9.36 Å². The Morgan fingerprint density at radius 3 is 2.79 bits per heavy atom. The third-order valence-corrected chi connectivity index (χ3v) is 5.63. The molecule has 29 heavy (non-hydrogen) atoms. The van der Waals surface area contributed by atoms with E-state index in [2.05, 4.69) is 27.4 Å². The molecule has 0 aromatic carbocycles. The van der Waals surface area contributed by atoms with Gasteiger partial charge in [0.15, 0.2) is 0 Å². The van der Waals surface area contributed by atoms with Crippen molar-refractivity contribution in [3.8, 4) is 34.7 Å². The maximum Gasteiger partial charge on any atom is 0.263 e. The van der Waals surface area contributed by atoms with Crippen molar-refractivity contribution in [3.05, 3.63) is 43.2 Å². The lowest BCUT2D eigenvalue weighted by molar-refractivity contribution is -0.576. The summed E-state index contributed by atoms with van der Waals surface area (Å²) < 4.78 is 5.51. The molecule has 0 unspecified atom stereocenters. The number of nitriles is 2. The summed E-state index contributed by atoms with van der Waals surface area (Å²) in [7, 11) is 1.87. The summed E-state index contributed by atoms with van der Waals surface area (Å²) >= 11 is 0. The Kier molecular flexibility index (Phi) is 3.71. The molecule has 0 bridgehead atoms. The van der Waals surface area contributed by atoms with Crippen LogP contribution in [0.5, 0.6) is 0 Å². The summed E-state index contributed by atoms with van der Waals surface area (Å²) in [5, 5.41) is 30.4. The summed E-state index contributed by atoms with van der Waals surface area (Å²) in [5.41, 5.74) is 3.89. The van der Waals surface area contributed by atoms with Crippen molar-refractivity contribution in [1.29, 1.82) is 10.5 Å². The van der Waals surface area contributed by atoms with Gasteiger partial charge in [-0.05, 0) is 12.8 Å². The smallest absolute Gasteiger partial charge is 0.263 e. The minimum Gasteiger partial charge on any atom is -0.275 e. The van der Waals surface area contributed by atoms with Gasteiger partial charge in [-0.1, -0.05) is 4.52 Å². The summed E-state index contributed by atoms with van der Waals surface area (Å²) in [6.07, 6.45) is 12.8. The Hall–Kier alpha value is -3.98. The molecule has 0 radical (unpaired) electrons. The van der Waals surface area contributed by atoms with Crippen LogP contribution in [0.1, 0.15) is 19.3 Å². The topological polar surface area (TPSA) is 116 Å². The third-order valence-electron chi connectivity index (χ3n) is 5.63. The van der Waals surface area contributed by atoms with Gasteiger partial charge < -0.3 is 0 Å². The second-order valence-electron chi connectivity index (χ2n) is 7.56. The number of H-pyrrole nitrogens is 1. The maximum absolute atomic E-state index is 9.29. The molecule has 0 aliphatic heterocycles. The highest BCUT2D eigenvalue weighted by Gasteiger charge is 2.46. The molecule has 1 fully saturated rings. The van der Waals surface area contributed by atoms with Crippen molar-refractivity contribution in [2.45, 2.75) is 24.8 Å². The molecule has 1 N–H and O–H groups in total. The Morgan fingerprint density at radius 1 is 1.24 bits per heavy atom. The zero-order valence-corrected chi connectivity index (χ0v) is 15.8. The van der Waals surface area contributed by atoms with Gasteiger partial charge in [0.05, 0.1) is 48.6 Å². The Morgan fingerprint density at radius 2 is 2.07 bits per heavy atom. The van der Waals surface area contributed by atoms with E-state index in [9.17, 15) is 5.26 Å². The van der Waals surface area contributed by atoms with Crippen LogP contribution in [-0.4, -0.2) is 29.6 Å². The molecule has 0 amide bonds. The Labute approximate surface area is 166 Å². The fourth-order valence-corrected chi connectivity index (χ4v) is 4.09. The van der Waals surface area contributed by atoms with Gasteiger partial charge in [0.2, 0.25) is 6.20 Å². The fourth-order valence-electron chi connectivity index (χ4n) is 4.09. The molecule has 5 rings (SSSR count). The molecular formula is C20H18N9+. The van der Waals surface area contributed by atoms with Crippen molar-refractivity contribution in [2.24, 2.45) is 13.0 Å². The van der Waals surface area contributed by atoms with Crippen LogP contribution in [0.4, 0.5) is 0 Å². The minimum atomic E-state index is -0.404. The number of fused-ring (bicyclic) bond motifs is 1. The van der Waals surface area contributed by atoms with Crippen LogP contribution in [0.25, 0.3) is 28.0 Å². The zero-order valence-electron chi connectivity index (χ0n) is 15.8. The molecule has 4 aromatic heterocycles. The number of nitrogens with one attached hydrogen (secondary N) is 1. The van der Waals surface area contributed by atoms with E-state index in [1.807, 2.05) is 47.1 Å². The predicted octanol–water partition coefficient (Wildman–Crippen LogP) is 1.95. The van der Waals surface area contributed by atoms with Crippen LogP contribution >= 0.6 is 0 Å². The molecule has 9 nitrogen and oxygen atoms in total. The van der Waals surface area contributed by atoms with Crippen LogP contribution in [0, 0.1) is 28.6 Å². The van der Waals surface area contributed by atoms with Crippen molar-refractivity contribution in [1.82, 2.24) is 29.6 Å². The number of aromatic nitrogens is 7. The highest BCUT2D eigenvalue weighted by atomic mass is 15.3. The fraction of sp³-hybridized carbons (Fsp3) is 0.300. The highest BCUT2D eigenvalue weighted by Crippen LogP contribution is 2.46. The average molecular weight is 384 g/mol. The van der Waals surface area contributed by atoms with Crippen molar-refractivity contribution >= 4 is 5.52 Å². The number of aryl methyl sites for hydroxylation is 1. The Bertz CT molecular complexity index is 1290. The van der Waals surface area contributed by atoms with Crippen LogP contribution < -0.4 is 4.52 Å². The standard InChI is InChI=1S/C20H17N9/c1-27-11-15(9-24-27)17-13-28-18(2-5-23-28)19(26-17)16-10-25-29(12-16)20(3-4-21)6-14(7-20)8-22/h2,5,9-14H,3,6-7H2,1H3/p+1. The number of hydrogen-bond donors (Lipinski definition) is 1. The van der Waals surface area contributed by atoms with Crippen LogP contribution in [0.2, 0.25) is 0 Å². The largest absolute Gasteiger partial charge is 0.275 e. The quantitative estimate of drug-likeness (QED) is 0.540. The molecule has 9 heteroatoms. The Balaban J connectivity index is 1.59. The lowest BCUT2D eigenvalue weighted by atomic mass is 9.67. The monoisotopic (exact) mass is 384 g/mol. The number of aromatic amines is 1. The van der Waals surface area contributed by atoms with Crippen molar-refractivity contribution in [2.75, 3.05) is 0 Å². The van der Waals surface area contributed by atoms with Crippen LogP contribution in [0.15, 0.2) is 43.2 Å². The molecule has 1 saturated carbocycles. The highest BCUT2D eigenvalue weighted by molar-refractivity contribution is 5.75. The molecule has 1 aliphatic carbocycles. The van der Waals surface area contributed by atoms with Crippen LogP contribution in [0.3, 0.4) is 0 Å². The van der Waals surface area contributed by atoms with Crippen molar-refractivity contribution in [3.63, 3.8) is 0 Å². The van der Waals surface area contributed by atoms with Gasteiger partial charge in [0.1, 0.15) is 11.4 Å². The normalized spacial score (nSPS) is 20.9. The van der Waals surface area contributed by atoms with E-state index >= 15 is 0 Å². The number of rotatable bonds is 4. The first-order chi connectivity index (χ1) is 14.1. The van der Waals surface area contributed by atoms with E-state index in [0.717, 1.165) is 28.0 Å². The zero-order chi connectivity index (χ0) is 20.0. The van der Waals surface area contributed by atoms with E-state index < -0.39 is 5.54 Å². The second kappa shape index (κ2) is 6.28. The molecule has 0 saturated heterocycles. The summed E-state index contributed by atoms with van der Waals surface area (Å²) in [4.78, 5) is 4.88. The summed E-state index contributed by atoms with van der Waals surface area (Å²) in [6.45, 7) is 0. The molecule has 142 valence electrons. The maximum atomic E-state index is 9.29. The molecule has 1 aliphatic rings. The van der Waals surface area contributed by atoms with Gasteiger partial charge in [-0.2, -0.15) is 25.8 Å². The number of nitrogens with zero attached hydrogens (tertiary/aromatic N) is 8. The summed E-state index contributed by atoms with van der Waals surface area (Å²) in [6, 6.07) is 6.51. The van der Waals surface area contributed by atoms with Gasteiger partial charge in [-0.15, -0.1) is 0 Å². The van der Waals surface area contributed by atoms with Crippen LogP contribution in [-0.2, 0) is 12.6 Å². The first kappa shape index (κ1) is 17.1. The van der Waals surface area contributed by atoms with E-state index in [-0.39, 0.29) is 5.92 Å². The molecule has 4 heterocycles. The van der Waals surface area contributed by atoms with E-state index in [1.165, 1.54) is 0 Å². The summed E-state index contributed by atoms with van der Waals surface area (Å²) in [5.74, 6) is -0.0185. The lowest BCUT2D eigenvalue weighted by Gasteiger charge is -2.43. The van der Waals surface area contributed by atoms with Gasteiger partial charge in [0.25, 0.3) is 5.52 Å². The molecular weight excluding hydrogens is 366 g/mol. The van der Waals surface area contributed by atoms with E-state index in [4.69, 9.17) is 10.2 Å². The number of hydrogen-bond acceptors (Lipinski definition) is 5. The predicted molar refractivity (Wildman–Crippen MR) is 102 cm³/mol. The average Bonchev–Trinajstić information content (AvgIpc) is 3.43. The first-order valence-corrected chi connectivity index (χ1v) is 9.33. The van der Waals surface area contributed by atoms with E-state index in [1.54, 1.807) is 17.1 Å². The second-order valence-corrected chi connectivity index (χ2v) is 7.56. The SMILES string of the molecule is Cn1cc(-c2c[n+]3[nH]ccc3c(-c3cnn(C4(CC#N)CC(C#N)C4)c3)n2)cn1. The van der Waals surface area contributed by atoms with Crippen molar-refractivity contribution < 1.29 is 4.52 Å². The first-order valence-electron chi connectivity index (χ1n) is 9.33.